The van der Waals surface area contributed by atoms with E-state index in [1.54, 1.807) is 12.1 Å². The normalized spacial score (nSPS) is 27.4. The van der Waals surface area contributed by atoms with Crippen molar-refractivity contribution < 1.29 is 13.2 Å². The van der Waals surface area contributed by atoms with Gasteiger partial charge in [-0.05, 0) is 24.6 Å². The molecule has 2 fully saturated rings. The van der Waals surface area contributed by atoms with Gasteiger partial charge in [-0.1, -0.05) is 29.4 Å². The molecular formula is C14H14Cl2N2O3S2. The number of halogens is 2. The Hall–Kier alpha value is -0.760. The average molecular weight is 393 g/mol. The highest BCUT2D eigenvalue weighted by molar-refractivity contribution is 8.16. The van der Waals surface area contributed by atoms with Gasteiger partial charge in [-0.15, -0.1) is 11.6 Å². The summed E-state index contributed by atoms with van der Waals surface area (Å²) in [5.41, 5.74) is 1.71. The van der Waals surface area contributed by atoms with Crippen molar-refractivity contribution in [2.45, 2.75) is 18.2 Å². The number of benzene rings is 1. The molecule has 0 bridgehead atoms. The zero-order chi connectivity index (χ0) is 16.8. The molecular weight excluding hydrogens is 379 g/mol. The highest BCUT2D eigenvalue weighted by Gasteiger charge is 2.49. The summed E-state index contributed by atoms with van der Waals surface area (Å²) < 4.78 is 23.9. The van der Waals surface area contributed by atoms with E-state index in [4.69, 9.17) is 23.2 Å². The quantitative estimate of drug-likeness (QED) is 0.723. The fraction of sp³-hybridized carbons (Fsp3) is 0.429. The van der Waals surface area contributed by atoms with Gasteiger partial charge in [-0.3, -0.25) is 4.79 Å². The monoisotopic (exact) mass is 392 g/mol. The molecule has 0 unspecified atom stereocenters. The molecule has 1 amide bonds. The number of thioether (sulfide) groups is 1. The number of aryl methyl sites for hydroxylation is 1. The summed E-state index contributed by atoms with van der Waals surface area (Å²) in [5.74, 6) is -0.515. The third-order valence-electron chi connectivity index (χ3n) is 3.83. The Bertz CT molecular complexity index is 795. The topological polar surface area (TPSA) is 66.8 Å². The molecule has 0 saturated carbocycles. The number of nitrogens with zero attached hydrogens (tertiary/aromatic N) is 2. The lowest BCUT2D eigenvalue weighted by Crippen LogP contribution is -2.38. The van der Waals surface area contributed by atoms with Crippen molar-refractivity contribution in [3.8, 4) is 0 Å². The Morgan fingerprint density at radius 1 is 1.43 bits per heavy atom. The number of sulfone groups is 1. The number of fused-ring (bicyclic) bond motifs is 1. The number of carbonyl (C=O) groups is 1. The molecule has 23 heavy (non-hydrogen) atoms. The van der Waals surface area contributed by atoms with E-state index in [1.165, 1.54) is 11.8 Å². The molecule has 0 radical (unpaired) electrons. The Labute approximate surface area is 149 Å². The smallest absolute Gasteiger partial charge is 0.262 e. The Balaban J connectivity index is 2.08. The second kappa shape index (κ2) is 6.27. The number of alkyl halides is 1. The van der Waals surface area contributed by atoms with Crippen molar-refractivity contribution in [2.24, 2.45) is 4.99 Å². The fourth-order valence-corrected chi connectivity index (χ4v) is 6.98. The number of rotatable bonds is 2. The number of carbonyl (C=O) groups excluding carboxylic acids is 1. The van der Waals surface area contributed by atoms with Crippen LogP contribution in [-0.2, 0) is 14.6 Å². The maximum absolute atomic E-state index is 12.0. The molecule has 2 saturated heterocycles. The van der Waals surface area contributed by atoms with Gasteiger partial charge < -0.3 is 4.90 Å². The Morgan fingerprint density at radius 3 is 2.87 bits per heavy atom. The van der Waals surface area contributed by atoms with Crippen molar-refractivity contribution in [1.82, 2.24) is 0 Å². The van der Waals surface area contributed by atoms with Crippen molar-refractivity contribution in [3.05, 3.63) is 28.8 Å². The summed E-state index contributed by atoms with van der Waals surface area (Å²) >= 11 is 13.0. The molecule has 0 N–H and O–H groups in total. The standard InChI is InChI=1S/C14H14Cl2N2O3S2/c1-8-2-3-9(16)4-10(8)18-11-6-23(20,21)7-12(11)22-14(18)17-13(19)5-15/h2-4,11-12H,5-7H2,1H3/t11-,12+/m1/s1. The maximum atomic E-state index is 12.0. The minimum absolute atomic E-state index is 0.0463. The predicted octanol–water partition coefficient (Wildman–Crippen LogP) is 2.49. The molecule has 0 aromatic heterocycles. The highest BCUT2D eigenvalue weighted by atomic mass is 35.5. The molecule has 1 aromatic carbocycles. The lowest BCUT2D eigenvalue weighted by Gasteiger charge is -2.26. The molecule has 2 aliphatic heterocycles. The number of anilines is 1. The van der Waals surface area contributed by atoms with Crippen LogP contribution in [0.2, 0.25) is 5.02 Å². The summed E-state index contributed by atoms with van der Waals surface area (Å²) in [4.78, 5) is 17.5. The minimum Gasteiger partial charge on any atom is -0.315 e. The maximum Gasteiger partial charge on any atom is 0.262 e. The van der Waals surface area contributed by atoms with Gasteiger partial charge in [0.1, 0.15) is 5.88 Å². The molecule has 0 aliphatic carbocycles. The van der Waals surface area contributed by atoms with Crippen LogP contribution >= 0.6 is 35.0 Å². The number of hydrogen-bond acceptors (Lipinski definition) is 4. The van der Waals surface area contributed by atoms with Crippen molar-refractivity contribution >= 4 is 61.6 Å². The third-order valence-corrected chi connectivity index (χ3v) is 7.51. The van der Waals surface area contributed by atoms with Crippen LogP contribution < -0.4 is 4.90 Å². The molecule has 2 aliphatic rings. The van der Waals surface area contributed by atoms with Crippen LogP contribution in [0, 0.1) is 6.92 Å². The van der Waals surface area contributed by atoms with Gasteiger partial charge in [-0.2, -0.15) is 4.99 Å². The second-order valence-electron chi connectivity index (χ2n) is 5.52. The van der Waals surface area contributed by atoms with E-state index in [9.17, 15) is 13.2 Å². The summed E-state index contributed by atoms with van der Waals surface area (Å²) in [6.07, 6.45) is 0. The second-order valence-corrected chi connectivity index (χ2v) is 9.59. The lowest BCUT2D eigenvalue weighted by molar-refractivity contribution is -0.115. The first-order valence-electron chi connectivity index (χ1n) is 6.90. The molecule has 9 heteroatoms. The van der Waals surface area contributed by atoms with Crippen LogP contribution in [0.3, 0.4) is 0 Å². The fourth-order valence-electron chi connectivity index (χ4n) is 2.82. The van der Waals surface area contributed by atoms with Gasteiger partial charge in [0.05, 0.1) is 17.5 Å². The summed E-state index contributed by atoms with van der Waals surface area (Å²) in [5, 5.41) is 0.897. The van der Waals surface area contributed by atoms with Gasteiger partial charge in [-0.25, -0.2) is 8.42 Å². The largest absolute Gasteiger partial charge is 0.315 e. The van der Waals surface area contributed by atoms with Crippen LogP contribution in [0.1, 0.15) is 5.56 Å². The van der Waals surface area contributed by atoms with Crippen LogP contribution in [0.4, 0.5) is 5.69 Å². The SMILES string of the molecule is Cc1ccc(Cl)cc1N1C(=NC(=O)CCl)S[C@H]2CS(=O)(=O)C[C@H]21. The van der Waals surface area contributed by atoms with Crippen LogP contribution in [0.5, 0.6) is 0 Å². The first kappa shape index (κ1) is 17.1. The molecule has 1 aromatic rings. The zero-order valence-electron chi connectivity index (χ0n) is 12.2. The van der Waals surface area contributed by atoms with E-state index < -0.39 is 15.7 Å². The van der Waals surface area contributed by atoms with Crippen molar-refractivity contribution in [1.29, 1.82) is 0 Å². The van der Waals surface area contributed by atoms with Crippen LogP contribution in [-0.4, -0.2) is 48.2 Å². The minimum atomic E-state index is -3.09. The number of aliphatic imine (C=N–C) groups is 1. The van der Waals surface area contributed by atoms with E-state index in [0.29, 0.717) is 10.2 Å². The Morgan fingerprint density at radius 2 is 2.17 bits per heavy atom. The van der Waals surface area contributed by atoms with Gasteiger partial charge in [0, 0.05) is 16.0 Å². The predicted molar refractivity (Wildman–Crippen MR) is 95.7 cm³/mol. The average Bonchev–Trinajstić information content (AvgIpc) is 2.92. The summed E-state index contributed by atoms with van der Waals surface area (Å²) in [6.45, 7) is 1.91. The van der Waals surface area contributed by atoms with E-state index in [0.717, 1.165) is 11.3 Å². The van der Waals surface area contributed by atoms with Gasteiger partial charge in [0.2, 0.25) is 0 Å². The van der Waals surface area contributed by atoms with Gasteiger partial charge in [0.25, 0.3) is 5.91 Å². The molecule has 2 atom stereocenters. The van der Waals surface area contributed by atoms with E-state index in [-0.39, 0.29) is 28.7 Å². The van der Waals surface area contributed by atoms with Crippen LogP contribution in [0.25, 0.3) is 0 Å². The number of amidine groups is 1. The first-order chi connectivity index (χ1) is 10.8. The highest BCUT2D eigenvalue weighted by Crippen LogP contribution is 2.42. The van der Waals surface area contributed by atoms with E-state index in [1.807, 2.05) is 17.9 Å². The Kier molecular flexibility index (Phi) is 4.66. The van der Waals surface area contributed by atoms with Gasteiger partial charge in [0.15, 0.2) is 15.0 Å². The van der Waals surface area contributed by atoms with Gasteiger partial charge >= 0.3 is 0 Å². The van der Waals surface area contributed by atoms with Crippen molar-refractivity contribution in [2.75, 3.05) is 22.3 Å². The third kappa shape index (κ3) is 3.38. The first-order valence-corrected chi connectivity index (χ1v) is 10.5. The molecule has 0 spiro atoms. The summed E-state index contributed by atoms with van der Waals surface area (Å²) in [7, 11) is -3.09. The lowest BCUT2D eigenvalue weighted by atomic mass is 10.1. The molecule has 5 nitrogen and oxygen atoms in total. The molecule has 124 valence electrons. The van der Waals surface area contributed by atoms with Crippen molar-refractivity contribution in [3.63, 3.8) is 0 Å². The number of hydrogen-bond donors (Lipinski definition) is 0. The zero-order valence-corrected chi connectivity index (χ0v) is 15.3. The van der Waals surface area contributed by atoms with Crippen LogP contribution in [0.15, 0.2) is 23.2 Å². The van der Waals surface area contributed by atoms with E-state index in [2.05, 4.69) is 4.99 Å². The summed E-state index contributed by atoms with van der Waals surface area (Å²) in [6, 6.07) is 5.16. The van der Waals surface area contributed by atoms with E-state index >= 15 is 0 Å². The number of amides is 1. The molecule has 3 rings (SSSR count). The molecule has 2 heterocycles.